The minimum absolute atomic E-state index is 0.194. The van der Waals surface area contributed by atoms with Crippen molar-refractivity contribution in [2.75, 3.05) is 0 Å². The average Bonchev–Trinajstić information content (AvgIpc) is 2.48. The van der Waals surface area contributed by atoms with Crippen LogP contribution in [0.4, 0.5) is 0 Å². The van der Waals surface area contributed by atoms with Crippen LogP contribution >= 0.6 is 11.3 Å². The first-order valence-corrected chi connectivity index (χ1v) is 6.56. The van der Waals surface area contributed by atoms with E-state index in [2.05, 4.69) is 31.1 Å². The third-order valence-electron chi connectivity index (χ3n) is 2.87. The van der Waals surface area contributed by atoms with Crippen LogP contribution in [-0.4, -0.2) is 11.0 Å². The van der Waals surface area contributed by atoms with Crippen molar-refractivity contribution < 1.29 is 0 Å². The third kappa shape index (κ3) is 2.79. The summed E-state index contributed by atoms with van der Waals surface area (Å²) in [6, 6.07) is 0.769. The fourth-order valence-corrected chi connectivity index (χ4v) is 2.51. The highest BCUT2D eigenvalue weighted by Crippen LogP contribution is 2.27. The molecule has 0 radical (unpaired) electrons. The molecule has 2 nitrogen and oxygen atoms in total. The number of thiazole rings is 1. The minimum Gasteiger partial charge on any atom is -0.309 e. The maximum absolute atomic E-state index is 4.49. The molecule has 0 unspecified atom stereocenters. The number of rotatable bonds is 3. The zero-order valence-corrected chi connectivity index (χ0v) is 10.7. The Bertz CT molecular complexity index is 321. The normalized spacial score (nSPS) is 17.8. The lowest BCUT2D eigenvalue weighted by Gasteiger charge is -2.26. The van der Waals surface area contributed by atoms with Gasteiger partial charge in [0.2, 0.25) is 0 Å². The number of nitrogens with zero attached hydrogens (tertiary/aromatic N) is 1. The van der Waals surface area contributed by atoms with Gasteiger partial charge in [-0.3, -0.25) is 0 Å². The topological polar surface area (TPSA) is 24.9 Å². The van der Waals surface area contributed by atoms with Gasteiger partial charge in [0.15, 0.2) is 0 Å². The zero-order chi connectivity index (χ0) is 10.9. The standard InChI is InChI=1S/C12H20N2S/c1-12(2,3)11-14-8-10(15-11)7-13-9-5-4-6-9/h8-9,13H,4-7H2,1-3H3. The predicted octanol–water partition coefficient (Wildman–Crippen LogP) is 3.08. The smallest absolute Gasteiger partial charge is 0.0981 e. The van der Waals surface area contributed by atoms with Crippen molar-refractivity contribution in [2.24, 2.45) is 0 Å². The highest BCUT2D eigenvalue weighted by molar-refractivity contribution is 7.11. The number of nitrogens with one attached hydrogen (secondary N) is 1. The van der Waals surface area contributed by atoms with Crippen LogP contribution in [0.1, 0.15) is 49.9 Å². The van der Waals surface area contributed by atoms with E-state index in [1.165, 1.54) is 29.1 Å². The molecular formula is C12H20N2S. The van der Waals surface area contributed by atoms with Crippen LogP contribution in [0.5, 0.6) is 0 Å². The maximum Gasteiger partial charge on any atom is 0.0981 e. The molecule has 3 heteroatoms. The van der Waals surface area contributed by atoms with Crippen molar-refractivity contribution in [1.29, 1.82) is 0 Å². The summed E-state index contributed by atoms with van der Waals surface area (Å²) >= 11 is 1.84. The Kier molecular flexibility index (Phi) is 3.12. The molecule has 1 N–H and O–H groups in total. The Morgan fingerprint density at radius 3 is 2.67 bits per heavy atom. The Hall–Kier alpha value is -0.410. The van der Waals surface area contributed by atoms with Crippen LogP contribution in [0, 0.1) is 0 Å². The van der Waals surface area contributed by atoms with Gasteiger partial charge in [0.1, 0.15) is 0 Å². The van der Waals surface area contributed by atoms with Gasteiger partial charge in [-0.05, 0) is 12.8 Å². The molecule has 1 aromatic rings. The highest BCUT2D eigenvalue weighted by Gasteiger charge is 2.19. The van der Waals surface area contributed by atoms with Crippen molar-refractivity contribution in [3.8, 4) is 0 Å². The van der Waals surface area contributed by atoms with Gasteiger partial charge in [0.25, 0.3) is 0 Å². The summed E-state index contributed by atoms with van der Waals surface area (Å²) < 4.78 is 0. The van der Waals surface area contributed by atoms with Gasteiger partial charge < -0.3 is 5.32 Å². The van der Waals surface area contributed by atoms with Crippen LogP contribution in [0.15, 0.2) is 6.20 Å². The molecule has 1 aromatic heterocycles. The summed E-state index contributed by atoms with van der Waals surface area (Å²) in [5.41, 5.74) is 0.194. The van der Waals surface area contributed by atoms with Gasteiger partial charge in [-0.15, -0.1) is 11.3 Å². The van der Waals surface area contributed by atoms with Gasteiger partial charge in [-0.2, -0.15) is 0 Å². The van der Waals surface area contributed by atoms with E-state index in [9.17, 15) is 0 Å². The summed E-state index contributed by atoms with van der Waals surface area (Å²) in [6.45, 7) is 7.65. The first kappa shape index (κ1) is 11.1. The van der Waals surface area contributed by atoms with Crippen molar-refractivity contribution >= 4 is 11.3 Å². The van der Waals surface area contributed by atoms with Gasteiger partial charge in [-0.1, -0.05) is 27.2 Å². The largest absolute Gasteiger partial charge is 0.309 e. The van der Waals surface area contributed by atoms with Crippen molar-refractivity contribution in [1.82, 2.24) is 10.3 Å². The molecule has 0 saturated heterocycles. The first-order valence-electron chi connectivity index (χ1n) is 5.74. The van der Waals surface area contributed by atoms with E-state index >= 15 is 0 Å². The summed E-state index contributed by atoms with van der Waals surface area (Å²) in [5, 5.41) is 4.81. The zero-order valence-electron chi connectivity index (χ0n) is 9.84. The van der Waals surface area contributed by atoms with Crippen LogP contribution in [0.25, 0.3) is 0 Å². The lowest BCUT2D eigenvalue weighted by Crippen LogP contribution is -2.34. The van der Waals surface area contributed by atoms with Crippen molar-refractivity contribution in [3.63, 3.8) is 0 Å². The Balaban J connectivity index is 1.89. The lowest BCUT2D eigenvalue weighted by molar-refractivity contribution is 0.339. The first-order chi connectivity index (χ1) is 7.05. The van der Waals surface area contributed by atoms with Gasteiger partial charge in [0.05, 0.1) is 5.01 Å². The monoisotopic (exact) mass is 224 g/mol. The summed E-state index contributed by atoms with van der Waals surface area (Å²) in [7, 11) is 0. The molecule has 0 aromatic carbocycles. The summed E-state index contributed by atoms with van der Waals surface area (Å²) in [5.74, 6) is 0. The second-order valence-electron chi connectivity index (χ2n) is 5.39. The Morgan fingerprint density at radius 2 is 2.20 bits per heavy atom. The Morgan fingerprint density at radius 1 is 1.47 bits per heavy atom. The third-order valence-corrected chi connectivity index (χ3v) is 4.29. The Labute approximate surface area is 96.1 Å². The summed E-state index contributed by atoms with van der Waals surface area (Å²) in [6.07, 6.45) is 6.13. The highest BCUT2D eigenvalue weighted by atomic mass is 32.1. The van der Waals surface area contributed by atoms with E-state index in [0.717, 1.165) is 12.6 Å². The molecule has 2 rings (SSSR count). The second-order valence-corrected chi connectivity index (χ2v) is 6.51. The molecule has 1 aliphatic carbocycles. The van der Waals surface area contributed by atoms with Crippen LogP contribution in [-0.2, 0) is 12.0 Å². The molecule has 1 aliphatic rings. The number of hydrogen-bond acceptors (Lipinski definition) is 3. The SMILES string of the molecule is CC(C)(C)c1ncc(CNC2CCC2)s1. The van der Waals surface area contributed by atoms with Gasteiger partial charge in [-0.25, -0.2) is 4.98 Å². The van der Waals surface area contributed by atoms with E-state index in [0.29, 0.717) is 0 Å². The second kappa shape index (κ2) is 4.22. The van der Waals surface area contributed by atoms with Crippen molar-refractivity contribution in [2.45, 2.75) is 58.0 Å². The number of aromatic nitrogens is 1. The molecule has 1 saturated carbocycles. The molecule has 15 heavy (non-hydrogen) atoms. The minimum atomic E-state index is 0.194. The van der Waals surface area contributed by atoms with Gasteiger partial charge >= 0.3 is 0 Å². The predicted molar refractivity (Wildman–Crippen MR) is 65.3 cm³/mol. The van der Waals surface area contributed by atoms with Gasteiger partial charge in [0, 0.05) is 29.1 Å². The van der Waals surface area contributed by atoms with Crippen LogP contribution < -0.4 is 5.32 Å². The molecule has 84 valence electrons. The van der Waals surface area contributed by atoms with Crippen molar-refractivity contribution in [3.05, 3.63) is 16.1 Å². The molecular weight excluding hydrogens is 204 g/mol. The van der Waals surface area contributed by atoms with Crippen LogP contribution in [0.3, 0.4) is 0 Å². The quantitative estimate of drug-likeness (QED) is 0.853. The maximum atomic E-state index is 4.49. The molecule has 0 aliphatic heterocycles. The van der Waals surface area contributed by atoms with Crippen LogP contribution in [0.2, 0.25) is 0 Å². The van der Waals surface area contributed by atoms with E-state index in [4.69, 9.17) is 0 Å². The molecule has 0 atom stereocenters. The number of hydrogen-bond donors (Lipinski definition) is 1. The van der Waals surface area contributed by atoms with E-state index in [-0.39, 0.29) is 5.41 Å². The fraction of sp³-hybridized carbons (Fsp3) is 0.750. The average molecular weight is 224 g/mol. The molecule has 1 fully saturated rings. The summed E-state index contributed by atoms with van der Waals surface area (Å²) in [4.78, 5) is 5.86. The molecule has 0 spiro atoms. The molecule has 0 amide bonds. The molecule has 1 heterocycles. The lowest BCUT2D eigenvalue weighted by atomic mass is 9.93. The molecule has 0 bridgehead atoms. The van der Waals surface area contributed by atoms with E-state index < -0.39 is 0 Å². The van der Waals surface area contributed by atoms with E-state index in [1.807, 2.05) is 17.5 Å². The fourth-order valence-electron chi connectivity index (χ4n) is 1.59. The van der Waals surface area contributed by atoms with E-state index in [1.54, 1.807) is 0 Å².